The first-order valence-corrected chi connectivity index (χ1v) is 11.3. The van der Waals surface area contributed by atoms with E-state index in [9.17, 15) is 4.79 Å². The van der Waals surface area contributed by atoms with Gasteiger partial charge in [0.2, 0.25) is 5.91 Å². The molecule has 2 aromatic carbocycles. The standard InChI is InChI=1S/C13H18INO.C9H12IN/c1-10(9-13(16)15(2)3)8-11-4-6-12(14)7-5-11;1-7(11)6-8-2-4-9(10)5-3-8/h4-7,10H,8-9H2,1-3H3;2-5,7H,6,11H2,1H3. The van der Waals surface area contributed by atoms with Crippen LogP contribution < -0.4 is 5.73 Å². The smallest absolute Gasteiger partial charge is 0.222 e. The second kappa shape index (κ2) is 12.7. The van der Waals surface area contributed by atoms with Crippen LogP contribution in [0, 0.1) is 13.1 Å². The molecule has 0 aliphatic carbocycles. The third-order valence-corrected chi connectivity index (χ3v) is 5.43. The highest BCUT2D eigenvalue weighted by Gasteiger charge is 2.11. The first-order valence-electron chi connectivity index (χ1n) is 9.12. The van der Waals surface area contributed by atoms with Crippen LogP contribution in [-0.4, -0.2) is 30.9 Å². The minimum Gasteiger partial charge on any atom is -0.349 e. The summed E-state index contributed by atoms with van der Waals surface area (Å²) < 4.78 is 2.52. The normalized spacial score (nSPS) is 12.6. The van der Waals surface area contributed by atoms with Crippen LogP contribution >= 0.6 is 45.2 Å². The van der Waals surface area contributed by atoms with Crippen LogP contribution in [0.2, 0.25) is 0 Å². The molecule has 0 saturated heterocycles. The van der Waals surface area contributed by atoms with E-state index in [2.05, 4.69) is 101 Å². The summed E-state index contributed by atoms with van der Waals surface area (Å²) in [6.45, 7) is 4.15. The van der Waals surface area contributed by atoms with Crippen molar-refractivity contribution in [1.29, 1.82) is 0 Å². The number of hydrogen-bond donors (Lipinski definition) is 1. The van der Waals surface area contributed by atoms with E-state index in [-0.39, 0.29) is 11.9 Å². The zero-order chi connectivity index (χ0) is 20.4. The fourth-order valence-corrected chi connectivity index (χ4v) is 3.29. The number of amides is 1. The molecule has 1 amide bonds. The summed E-state index contributed by atoms with van der Waals surface area (Å²) in [5.74, 6) is 0.605. The number of halogens is 2. The zero-order valence-corrected chi connectivity index (χ0v) is 20.9. The Morgan fingerprint density at radius 2 is 1.30 bits per heavy atom. The van der Waals surface area contributed by atoms with Gasteiger partial charge in [-0.3, -0.25) is 4.79 Å². The zero-order valence-electron chi connectivity index (χ0n) is 16.6. The number of benzene rings is 2. The topological polar surface area (TPSA) is 46.3 Å². The van der Waals surface area contributed by atoms with Gasteiger partial charge in [0.15, 0.2) is 0 Å². The van der Waals surface area contributed by atoms with Crippen LogP contribution in [0.3, 0.4) is 0 Å². The Kier molecular flexibility index (Phi) is 11.5. The minimum absolute atomic E-state index is 0.206. The Hall–Kier alpha value is -0.670. The van der Waals surface area contributed by atoms with E-state index in [1.807, 2.05) is 6.92 Å². The van der Waals surface area contributed by atoms with Gasteiger partial charge in [-0.1, -0.05) is 31.2 Å². The largest absolute Gasteiger partial charge is 0.349 e. The van der Waals surface area contributed by atoms with Crippen molar-refractivity contribution in [2.45, 2.75) is 39.2 Å². The van der Waals surface area contributed by atoms with Gasteiger partial charge in [-0.2, -0.15) is 0 Å². The first-order chi connectivity index (χ1) is 12.7. The molecule has 0 fully saturated rings. The summed E-state index contributed by atoms with van der Waals surface area (Å²) in [7, 11) is 3.61. The average molecular weight is 592 g/mol. The van der Waals surface area contributed by atoms with Gasteiger partial charge >= 0.3 is 0 Å². The lowest BCUT2D eigenvalue weighted by molar-refractivity contribution is -0.129. The molecule has 2 rings (SSSR count). The molecule has 2 atom stereocenters. The number of nitrogens with two attached hydrogens (primary N) is 1. The molecule has 2 unspecified atom stereocenters. The van der Waals surface area contributed by atoms with Crippen LogP contribution in [0.4, 0.5) is 0 Å². The van der Waals surface area contributed by atoms with Crippen molar-refractivity contribution in [2.75, 3.05) is 14.1 Å². The van der Waals surface area contributed by atoms with Crippen molar-refractivity contribution >= 4 is 51.1 Å². The third-order valence-electron chi connectivity index (χ3n) is 3.99. The average Bonchev–Trinajstić information content (AvgIpc) is 2.59. The van der Waals surface area contributed by atoms with Crippen LogP contribution in [0.15, 0.2) is 48.5 Å². The Morgan fingerprint density at radius 1 is 0.889 bits per heavy atom. The Balaban J connectivity index is 0.000000289. The van der Waals surface area contributed by atoms with Gasteiger partial charge in [0.25, 0.3) is 0 Å². The lowest BCUT2D eigenvalue weighted by atomic mass is 9.98. The fraction of sp³-hybridized carbons (Fsp3) is 0.409. The number of hydrogen-bond acceptors (Lipinski definition) is 2. The van der Waals surface area contributed by atoms with Gasteiger partial charge in [0.05, 0.1) is 0 Å². The van der Waals surface area contributed by atoms with Crippen molar-refractivity contribution in [3.05, 3.63) is 66.8 Å². The van der Waals surface area contributed by atoms with Crippen molar-refractivity contribution < 1.29 is 4.79 Å². The van der Waals surface area contributed by atoms with E-state index in [1.165, 1.54) is 18.3 Å². The quantitative estimate of drug-likeness (QED) is 0.474. The van der Waals surface area contributed by atoms with E-state index in [0.29, 0.717) is 12.3 Å². The SMILES string of the molecule is CC(CC(=O)N(C)C)Cc1ccc(I)cc1.CC(N)Cc1ccc(I)cc1. The highest BCUT2D eigenvalue weighted by atomic mass is 127. The molecule has 0 aromatic heterocycles. The Bertz CT molecular complexity index is 682. The predicted molar refractivity (Wildman–Crippen MR) is 132 cm³/mol. The number of carbonyl (C=O) groups excluding carboxylic acids is 1. The molecule has 3 nitrogen and oxygen atoms in total. The molecule has 5 heteroatoms. The molecule has 0 aliphatic rings. The van der Waals surface area contributed by atoms with E-state index in [0.717, 1.165) is 12.8 Å². The van der Waals surface area contributed by atoms with E-state index in [4.69, 9.17) is 5.73 Å². The van der Waals surface area contributed by atoms with Gasteiger partial charge in [0.1, 0.15) is 0 Å². The molecule has 0 saturated carbocycles. The van der Waals surface area contributed by atoms with Gasteiger partial charge in [-0.05, 0) is 106 Å². The van der Waals surface area contributed by atoms with Gasteiger partial charge in [-0.25, -0.2) is 0 Å². The lowest BCUT2D eigenvalue weighted by Crippen LogP contribution is -2.24. The molecular weight excluding hydrogens is 562 g/mol. The molecule has 2 aromatic rings. The summed E-state index contributed by atoms with van der Waals surface area (Å²) in [5, 5.41) is 0. The van der Waals surface area contributed by atoms with Crippen LogP contribution in [0.25, 0.3) is 0 Å². The van der Waals surface area contributed by atoms with Gasteiger partial charge in [0, 0.05) is 33.7 Å². The summed E-state index contributed by atoms with van der Waals surface area (Å²) in [6.07, 6.45) is 2.56. The molecule has 148 valence electrons. The minimum atomic E-state index is 0.206. The highest BCUT2D eigenvalue weighted by Crippen LogP contribution is 2.14. The van der Waals surface area contributed by atoms with Crippen molar-refractivity contribution in [2.24, 2.45) is 11.7 Å². The Morgan fingerprint density at radius 3 is 1.67 bits per heavy atom. The monoisotopic (exact) mass is 592 g/mol. The second-order valence-corrected chi connectivity index (χ2v) is 9.73. The van der Waals surface area contributed by atoms with E-state index >= 15 is 0 Å². The van der Waals surface area contributed by atoms with E-state index < -0.39 is 0 Å². The maximum absolute atomic E-state index is 11.5. The molecular formula is C22H30I2N2O. The molecule has 0 heterocycles. The van der Waals surface area contributed by atoms with Crippen molar-refractivity contribution in [3.8, 4) is 0 Å². The lowest BCUT2D eigenvalue weighted by Gasteiger charge is -2.15. The third kappa shape index (κ3) is 11.0. The Labute approximate surface area is 191 Å². The van der Waals surface area contributed by atoms with Gasteiger partial charge < -0.3 is 10.6 Å². The van der Waals surface area contributed by atoms with Gasteiger partial charge in [-0.15, -0.1) is 0 Å². The van der Waals surface area contributed by atoms with Crippen molar-refractivity contribution in [1.82, 2.24) is 4.90 Å². The summed E-state index contributed by atoms with van der Waals surface area (Å²) >= 11 is 4.60. The summed E-state index contributed by atoms with van der Waals surface area (Å²) in [6, 6.07) is 17.2. The van der Waals surface area contributed by atoms with E-state index in [1.54, 1.807) is 19.0 Å². The molecule has 0 spiro atoms. The maximum Gasteiger partial charge on any atom is 0.222 e. The molecule has 27 heavy (non-hydrogen) atoms. The number of carbonyl (C=O) groups is 1. The van der Waals surface area contributed by atoms with Crippen LogP contribution in [-0.2, 0) is 17.6 Å². The fourth-order valence-electron chi connectivity index (χ4n) is 2.57. The summed E-state index contributed by atoms with van der Waals surface area (Å²) in [5.41, 5.74) is 8.29. The first kappa shape index (κ1) is 24.4. The van der Waals surface area contributed by atoms with Crippen LogP contribution in [0.1, 0.15) is 31.4 Å². The summed E-state index contributed by atoms with van der Waals surface area (Å²) in [4.78, 5) is 13.2. The van der Waals surface area contributed by atoms with Crippen LogP contribution in [0.5, 0.6) is 0 Å². The second-order valence-electron chi connectivity index (χ2n) is 7.24. The molecule has 0 aliphatic heterocycles. The van der Waals surface area contributed by atoms with Crippen molar-refractivity contribution in [3.63, 3.8) is 0 Å². The molecule has 0 bridgehead atoms. The molecule has 0 radical (unpaired) electrons. The highest BCUT2D eigenvalue weighted by molar-refractivity contribution is 14.1. The maximum atomic E-state index is 11.5. The number of nitrogens with zero attached hydrogens (tertiary/aromatic N) is 1. The number of rotatable bonds is 6. The molecule has 2 N–H and O–H groups in total. The predicted octanol–water partition coefficient (Wildman–Crippen LogP) is 5.13.